The van der Waals surface area contributed by atoms with E-state index in [1.54, 1.807) is 0 Å². The topological polar surface area (TPSA) is 54.9 Å². The minimum Gasteiger partial charge on any atom is -0.381 e. The lowest BCUT2D eigenvalue weighted by Crippen LogP contribution is -2.57. The van der Waals surface area contributed by atoms with Gasteiger partial charge in [-0.25, -0.2) is 4.99 Å². The van der Waals surface area contributed by atoms with E-state index >= 15 is 0 Å². The number of rotatable bonds is 2. The molecule has 6 heteroatoms. The van der Waals surface area contributed by atoms with E-state index in [1.807, 2.05) is 12.4 Å². The second-order valence-electron chi connectivity index (χ2n) is 9.09. The summed E-state index contributed by atoms with van der Waals surface area (Å²) in [5.74, 6) is 1.18. The zero-order valence-corrected chi connectivity index (χ0v) is 17.5. The minimum absolute atomic E-state index is 0.191. The lowest BCUT2D eigenvalue weighted by Gasteiger charge is -2.39. The van der Waals surface area contributed by atoms with Crippen LogP contribution < -0.4 is 20.9 Å². The fourth-order valence-electron chi connectivity index (χ4n) is 5.16. The quantitative estimate of drug-likeness (QED) is 0.719. The Labute approximate surface area is 173 Å². The highest BCUT2D eigenvalue weighted by Gasteiger charge is 2.43. The van der Waals surface area contributed by atoms with Crippen LogP contribution in [0.4, 0.5) is 5.69 Å². The van der Waals surface area contributed by atoms with Crippen LogP contribution in [0, 0.1) is 5.41 Å². The standard InChI is InChI=1S/C23H32N6/c1-28(2)18-6-4-17(5-7-18)19-14-20-21(26-12-11-25-20)22(27-19)29-13-9-23(16-29)8-3-10-24-15-23/h4-7,11-12,14,20-21,24-26H,3,8-10,13,15-16H2,1-2H3. The Bertz CT molecular complexity index is 831. The molecule has 3 atom stereocenters. The van der Waals surface area contributed by atoms with Crippen molar-refractivity contribution in [2.24, 2.45) is 10.4 Å². The van der Waals surface area contributed by atoms with E-state index in [2.05, 4.69) is 70.2 Å². The number of anilines is 1. The van der Waals surface area contributed by atoms with Crippen molar-refractivity contribution >= 4 is 17.2 Å². The summed E-state index contributed by atoms with van der Waals surface area (Å²) in [5, 5.41) is 10.7. The molecule has 0 aliphatic carbocycles. The number of likely N-dealkylation sites (tertiary alicyclic amines) is 1. The smallest absolute Gasteiger partial charge is 0.130 e. The second kappa shape index (κ2) is 7.41. The minimum atomic E-state index is 0.191. The Morgan fingerprint density at radius 2 is 1.93 bits per heavy atom. The van der Waals surface area contributed by atoms with Gasteiger partial charge >= 0.3 is 0 Å². The van der Waals surface area contributed by atoms with Crippen molar-refractivity contribution in [2.75, 3.05) is 45.2 Å². The molecule has 3 unspecified atom stereocenters. The zero-order valence-electron chi connectivity index (χ0n) is 17.5. The molecule has 0 aromatic heterocycles. The molecule has 0 saturated carbocycles. The van der Waals surface area contributed by atoms with Gasteiger partial charge in [-0.15, -0.1) is 0 Å². The summed E-state index contributed by atoms with van der Waals surface area (Å²) in [6, 6.07) is 9.12. The number of piperidine rings is 1. The molecule has 2 fully saturated rings. The van der Waals surface area contributed by atoms with Crippen LogP contribution in [0.5, 0.6) is 0 Å². The predicted octanol–water partition coefficient (Wildman–Crippen LogP) is 1.98. The van der Waals surface area contributed by atoms with E-state index in [9.17, 15) is 0 Å². The van der Waals surface area contributed by atoms with Crippen LogP contribution in [0.3, 0.4) is 0 Å². The van der Waals surface area contributed by atoms with Crippen molar-refractivity contribution < 1.29 is 0 Å². The van der Waals surface area contributed by atoms with Crippen LogP contribution in [0.2, 0.25) is 0 Å². The molecule has 5 rings (SSSR count). The third-order valence-corrected chi connectivity index (χ3v) is 6.86. The average molecular weight is 393 g/mol. The lowest BCUT2D eigenvalue weighted by molar-refractivity contribution is 0.222. The number of benzene rings is 1. The highest BCUT2D eigenvalue weighted by atomic mass is 15.3. The van der Waals surface area contributed by atoms with Gasteiger partial charge in [0.25, 0.3) is 0 Å². The van der Waals surface area contributed by atoms with Crippen molar-refractivity contribution in [1.82, 2.24) is 20.9 Å². The van der Waals surface area contributed by atoms with Gasteiger partial charge in [-0.1, -0.05) is 12.1 Å². The number of hydrogen-bond donors (Lipinski definition) is 3. The fourth-order valence-corrected chi connectivity index (χ4v) is 5.16. The summed E-state index contributed by atoms with van der Waals surface area (Å²) in [7, 11) is 4.14. The Kier molecular flexibility index (Phi) is 4.74. The first kappa shape index (κ1) is 18.6. The molecule has 3 N–H and O–H groups in total. The predicted molar refractivity (Wildman–Crippen MR) is 120 cm³/mol. The van der Waals surface area contributed by atoms with Crippen LogP contribution in [0.25, 0.3) is 5.70 Å². The first-order valence-electron chi connectivity index (χ1n) is 10.8. The van der Waals surface area contributed by atoms with E-state index in [0.29, 0.717) is 5.41 Å². The highest BCUT2D eigenvalue weighted by Crippen LogP contribution is 2.38. The molecule has 0 amide bonds. The van der Waals surface area contributed by atoms with Crippen molar-refractivity contribution in [2.45, 2.75) is 31.3 Å². The van der Waals surface area contributed by atoms with Crippen molar-refractivity contribution in [3.05, 3.63) is 48.3 Å². The summed E-state index contributed by atoms with van der Waals surface area (Å²) in [4.78, 5) is 9.87. The van der Waals surface area contributed by atoms with Crippen molar-refractivity contribution in [3.8, 4) is 0 Å². The van der Waals surface area contributed by atoms with Crippen LogP contribution >= 0.6 is 0 Å². The van der Waals surface area contributed by atoms with Crippen molar-refractivity contribution in [3.63, 3.8) is 0 Å². The van der Waals surface area contributed by atoms with Crippen LogP contribution in [-0.4, -0.2) is 63.1 Å². The summed E-state index contributed by atoms with van der Waals surface area (Å²) >= 11 is 0. The van der Waals surface area contributed by atoms with Gasteiger partial charge in [0.05, 0.1) is 11.7 Å². The zero-order chi connectivity index (χ0) is 19.8. The Balaban J connectivity index is 1.44. The summed E-state index contributed by atoms with van der Waals surface area (Å²) in [6.07, 6.45) is 10.2. The van der Waals surface area contributed by atoms with Crippen LogP contribution in [-0.2, 0) is 0 Å². The maximum Gasteiger partial charge on any atom is 0.130 e. The third-order valence-electron chi connectivity index (χ3n) is 6.86. The lowest BCUT2D eigenvalue weighted by atomic mass is 9.80. The van der Waals surface area contributed by atoms with Gasteiger partial charge in [0.1, 0.15) is 11.9 Å². The summed E-state index contributed by atoms with van der Waals surface area (Å²) in [5.41, 5.74) is 3.87. The number of hydrogen-bond acceptors (Lipinski definition) is 6. The Morgan fingerprint density at radius 1 is 1.10 bits per heavy atom. The number of nitrogens with zero attached hydrogens (tertiary/aromatic N) is 3. The molecule has 4 aliphatic heterocycles. The average Bonchev–Trinajstić information content (AvgIpc) is 3.16. The van der Waals surface area contributed by atoms with Gasteiger partial charge in [0.15, 0.2) is 0 Å². The number of aliphatic imine (C=N–C) groups is 1. The van der Waals surface area contributed by atoms with Crippen LogP contribution in [0.1, 0.15) is 24.8 Å². The first-order valence-corrected chi connectivity index (χ1v) is 10.8. The maximum atomic E-state index is 5.20. The van der Waals surface area contributed by atoms with E-state index in [0.717, 1.165) is 25.3 Å². The molecule has 1 aromatic rings. The summed E-state index contributed by atoms with van der Waals surface area (Å²) < 4.78 is 0. The fraction of sp³-hybridized carbons (Fsp3) is 0.522. The first-order chi connectivity index (χ1) is 14.1. The Hall–Kier alpha value is -2.47. The van der Waals surface area contributed by atoms with Gasteiger partial charge in [0.2, 0.25) is 0 Å². The van der Waals surface area contributed by atoms with Gasteiger partial charge in [-0.3, -0.25) is 0 Å². The molecule has 1 aromatic carbocycles. The molecular weight excluding hydrogens is 360 g/mol. The molecule has 0 bridgehead atoms. The summed E-state index contributed by atoms with van der Waals surface area (Å²) in [6.45, 7) is 4.52. The molecule has 2 saturated heterocycles. The third kappa shape index (κ3) is 3.50. The van der Waals surface area contributed by atoms with E-state index in [4.69, 9.17) is 4.99 Å². The van der Waals surface area contributed by atoms with E-state index < -0.39 is 0 Å². The molecule has 1 spiro atoms. The van der Waals surface area contributed by atoms with E-state index in [-0.39, 0.29) is 12.1 Å². The number of amidine groups is 1. The molecule has 4 aliphatic rings. The monoisotopic (exact) mass is 392 g/mol. The van der Waals surface area contributed by atoms with E-state index in [1.165, 1.54) is 42.9 Å². The number of nitrogens with one attached hydrogen (secondary N) is 3. The Morgan fingerprint density at radius 3 is 2.69 bits per heavy atom. The molecule has 154 valence electrons. The van der Waals surface area contributed by atoms with Gasteiger partial charge in [-0.2, -0.15) is 0 Å². The van der Waals surface area contributed by atoms with Gasteiger partial charge in [-0.05, 0) is 44.0 Å². The number of fused-ring (bicyclic) bond motifs is 1. The molecule has 4 heterocycles. The molecular formula is C23H32N6. The highest BCUT2D eigenvalue weighted by molar-refractivity contribution is 5.96. The molecule has 29 heavy (non-hydrogen) atoms. The van der Waals surface area contributed by atoms with Crippen molar-refractivity contribution in [1.29, 1.82) is 0 Å². The molecule has 6 nitrogen and oxygen atoms in total. The SMILES string of the molecule is CN(C)c1ccc(C2=CC3NC=CNC3C(N3CCC4(CCCNC4)C3)=N2)cc1. The van der Waals surface area contributed by atoms with Crippen LogP contribution in [0.15, 0.2) is 47.7 Å². The van der Waals surface area contributed by atoms with Gasteiger partial charge < -0.3 is 25.8 Å². The molecule has 0 radical (unpaired) electrons. The maximum absolute atomic E-state index is 5.20. The van der Waals surface area contributed by atoms with Gasteiger partial charge in [0, 0.05) is 62.8 Å². The normalized spacial score (nSPS) is 30.9. The second-order valence-corrected chi connectivity index (χ2v) is 9.09. The largest absolute Gasteiger partial charge is 0.381 e.